The van der Waals surface area contributed by atoms with E-state index < -0.39 is 6.61 Å². The predicted octanol–water partition coefficient (Wildman–Crippen LogP) is 3.55. The second-order valence-electron chi connectivity index (χ2n) is 4.22. The van der Waals surface area contributed by atoms with Crippen molar-refractivity contribution in [1.29, 1.82) is 0 Å². The molecular weight excluding hydrogens is 292 g/mol. The molecule has 1 aliphatic carbocycles. The minimum Gasteiger partial charge on any atom is -0.434 e. The van der Waals surface area contributed by atoms with Crippen LogP contribution in [0.3, 0.4) is 0 Å². The number of alkyl halides is 2. The van der Waals surface area contributed by atoms with Gasteiger partial charge in [0, 0.05) is 6.54 Å². The first kappa shape index (κ1) is 12.8. The van der Waals surface area contributed by atoms with Gasteiger partial charge in [-0.15, -0.1) is 0 Å². The van der Waals surface area contributed by atoms with E-state index >= 15 is 0 Å². The average molecular weight is 306 g/mol. The van der Waals surface area contributed by atoms with E-state index in [1.165, 1.54) is 12.8 Å². The van der Waals surface area contributed by atoms with E-state index in [2.05, 4.69) is 26.0 Å². The highest BCUT2D eigenvalue weighted by Crippen LogP contribution is 2.29. The number of ether oxygens (including phenoxy) is 1. The first-order chi connectivity index (χ1) is 8.15. The summed E-state index contributed by atoms with van der Waals surface area (Å²) < 4.78 is 29.0. The molecule has 1 saturated carbocycles. The van der Waals surface area contributed by atoms with Gasteiger partial charge >= 0.3 is 6.61 Å². The van der Waals surface area contributed by atoms with Crippen LogP contribution in [0.15, 0.2) is 22.7 Å². The maximum absolute atomic E-state index is 12.0. The van der Waals surface area contributed by atoms with Crippen LogP contribution in [0.5, 0.6) is 5.75 Å². The minimum absolute atomic E-state index is 0.172. The molecule has 0 atom stereocenters. The van der Waals surface area contributed by atoms with Gasteiger partial charge in [0.1, 0.15) is 5.75 Å². The summed E-state index contributed by atoms with van der Waals surface area (Å²) in [5.41, 5.74) is 1.05. The molecule has 0 radical (unpaired) electrons. The second kappa shape index (κ2) is 5.78. The van der Waals surface area contributed by atoms with Crippen molar-refractivity contribution in [2.45, 2.75) is 26.0 Å². The standard InChI is InChI=1S/C12H14BrF2NO/c13-10-5-9(7-16-6-8-1-2-8)3-4-11(10)17-12(14)15/h3-5,8,12,16H,1-2,6-7H2. The highest BCUT2D eigenvalue weighted by atomic mass is 79.9. The van der Waals surface area contributed by atoms with E-state index in [1.807, 2.05) is 0 Å². The van der Waals surface area contributed by atoms with Crippen LogP contribution in [0, 0.1) is 5.92 Å². The molecular formula is C12H14BrF2NO. The molecule has 1 aromatic carbocycles. The lowest BCUT2D eigenvalue weighted by Gasteiger charge is -2.09. The van der Waals surface area contributed by atoms with Crippen molar-refractivity contribution in [1.82, 2.24) is 5.32 Å². The number of benzene rings is 1. The third kappa shape index (κ3) is 4.24. The van der Waals surface area contributed by atoms with Crippen LogP contribution in [0.1, 0.15) is 18.4 Å². The van der Waals surface area contributed by atoms with Gasteiger partial charge in [0.25, 0.3) is 0 Å². The highest BCUT2D eigenvalue weighted by Gasteiger charge is 2.20. The molecule has 1 fully saturated rings. The van der Waals surface area contributed by atoms with Gasteiger partial charge in [-0.05, 0) is 58.9 Å². The van der Waals surface area contributed by atoms with Crippen LogP contribution in [-0.4, -0.2) is 13.2 Å². The van der Waals surface area contributed by atoms with Crippen LogP contribution >= 0.6 is 15.9 Å². The Morgan fingerprint density at radius 3 is 2.76 bits per heavy atom. The molecule has 17 heavy (non-hydrogen) atoms. The molecule has 0 saturated heterocycles. The number of rotatable bonds is 6. The molecule has 0 aliphatic heterocycles. The molecule has 0 heterocycles. The summed E-state index contributed by atoms with van der Waals surface area (Å²) in [6.45, 7) is -0.998. The predicted molar refractivity (Wildman–Crippen MR) is 65.2 cm³/mol. The van der Waals surface area contributed by atoms with Gasteiger partial charge in [0.05, 0.1) is 4.47 Å². The smallest absolute Gasteiger partial charge is 0.387 e. The average Bonchev–Trinajstić information content (AvgIpc) is 3.05. The van der Waals surface area contributed by atoms with Crippen molar-refractivity contribution in [2.75, 3.05) is 6.54 Å². The quantitative estimate of drug-likeness (QED) is 0.868. The molecule has 5 heteroatoms. The Labute approximate surface area is 107 Å². The van der Waals surface area contributed by atoms with Crippen LogP contribution < -0.4 is 10.1 Å². The molecule has 2 nitrogen and oxygen atoms in total. The Hall–Kier alpha value is -0.680. The Balaban J connectivity index is 1.87. The Kier molecular flexibility index (Phi) is 4.34. The molecule has 0 bridgehead atoms. The molecule has 0 unspecified atom stereocenters. The molecule has 1 aromatic rings. The fourth-order valence-electron chi connectivity index (χ4n) is 1.59. The van der Waals surface area contributed by atoms with Crippen molar-refractivity contribution in [2.24, 2.45) is 5.92 Å². The zero-order valence-electron chi connectivity index (χ0n) is 9.26. The minimum atomic E-state index is -2.79. The maximum atomic E-state index is 12.0. The van der Waals surface area contributed by atoms with Gasteiger partial charge in [-0.2, -0.15) is 8.78 Å². The topological polar surface area (TPSA) is 21.3 Å². The van der Waals surface area contributed by atoms with Gasteiger partial charge in [-0.1, -0.05) is 6.07 Å². The Morgan fingerprint density at radius 2 is 2.18 bits per heavy atom. The van der Waals surface area contributed by atoms with Crippen molar-refractivity contribution in [3.05, 3.63) is 28.2 Å². The summed E-state index contributed by atoms with van der Waals surface area (Å²) in [5, 5.41) is 3.34. The van der Waals surface area contributed by atoms with E-state index in [4.69, 9.17) is 0 Å². The monoisotopic (exact) mass is 305 g/mol. The SMILES string of the molecule is FC(F)Oc1ccc(CNCC2CC2)cc1Br. The van der Waals surface area contributed by atoms with Gasteiger partial charge in [0.2, 0.25) is 0 Å². The summed E-state index contributed by atoms with van der Waals surface area (Å²) in [7, 11) is 0. The summed E-state index contributed by atoms with van der Waals surface area (Å²) in [6.07, 6.45) is 2.63. The fraction of sp³-hybridized carbons (Fsp3) is 0.500. The van der Waals surface area contributed by atoms with E-state index in [-0.39, 0.29) is 5.75 Å². The number of nitrogens with one attached hydrogen (secondary N) is 1. The lowest BCUT2D eigenvalue weighted by atomic mass is 10.2. The lowest BCUT2D eigenvalue weighted by Crippen LogP contribution is -2.16. The van der Waals surface area contributed by atoms with Gasteiger partial charge in [-0.25, -0.2) is 0 Å². The number of halogens is 3. The molecule has 0 spiro atoms. The molecule has 0 aromatic heterocycles. The van der Waals surface area contributed by atoms with Crippen LogP contribution in [0.25, 0.3) is 0 Å². The summed E-state index contributed by atoms with van der Waals surface area (Å²) in [4.78, 5) is 0. The van der Waals surface area contributed by atoms with Gasteiger partial charge < -0.3 is 10.1 Å². The Morgan fingerprint density at radius 1 is 1.41 bits per heavy atom. The van der Waals surface area contributed by atoms with Crippen LogP contribution in [-0.2, 0) is 6.54 Å². The largest absolute Gasteiger partial charge is 0.434 e. The first-order valence-corrected chi connectivity index (χ1v) is 6.38. The van der Waals surface area contributed by atoms with E-state index in [1.54, 1.807) is 18.2 Å². The Bertz CT molecular complexity index is 383. The van der Waals surface area contributed by atoms with Crippen molar-refractivity contribution >= 4 is 15.9 Å². The van der Waals surface area contributed by atoms with Crippen molar-refractivity contribution < 1.29 is 13.5 Å². The number of hydrogen-bond acceptors (Lipinski definition) is 2. The van der Waals surface area contributed by atoms with E-state index in [0.29, 0.717) is 4.47 Å². The normalized spacial score (nSPS) is 15.3. The summed E-state index contributed by atoms with van der Waals surface area (Å²) >= 11 is 3.22. The molecule has 0 amide bonds. The second-order valence-corrected chi connectivity index (χ2v) is 5.07. The van der Waals surface area contributed by atoms with Gasteiger partial charge in [-0.3, -0.25) is 0 Å². The fourth-order valence-corrected chi connectivity index (χ4v) is 2.11. The van der Waals surface area contributed by atoms with Crippen molar-refractivity contribution in [3.63, 3.8) is 0 Å². The third-order valence-corrected chi connectivity index (χ3v) is 3.29. The van der Waals surface area contributed by atoms with Crippen LogP contribution in [0.2, 0.25) is 0 Å². The summed E-state index contributed by atoms with van der Waals surface area (Å²) in [6, 6.07) is 5.16. The zero-order chi connectivity index (χ0) is 12.3. The molecule has 1 aliphatic rings. The van der Waals surface area contributed by atoms with Gasteiger partial charge in [0.15, 0.2) is 0 Å². The summed E-state index contributed by atoms with van der Waals surface area (Å²) in [5.74, 6) is 1.01. The first-order valence-electron chi connectivity index (χ1n) is 5.59. The zero-order valence-corrected chi connectivity index (χ0v) is 10.8. The third-order valence-electron chi connectivity index (χ3n) is 2.67. The molecule has 1 N–H and O–H groups in total. The molecule has 2 rings (SSSR count). The number of hydrogen-bond donors (Lipinski definition) is 1. The highest BCUT2D eigenvalue weighted by molar-refractivity contribution is 9.10. The lowest BCUT2D eigenvalue weighted by molar-refractivity contribution is -0.0503. The van der Waals surface area contributed by atoms with Crippen LogP contribution in [0.4, 0.5) is 8.78 Å². The van der Waals surface area contributed by atoms with E-state index in [0.717, 1.165) is 24.6 Å². The van der Waals surface area contributed by atoms with E-state index in [9.17, 15) is 8.78 Å². The molecule has 94 valence electrons. The maximum Gasteiger partial charge on any atom is 0.387 e. The van der Waals surface area contributed by atoms with Crippen molar-refractivity contribution in [3.8, 4) is 5.75 Å².